The Labute approximate surface area is 314 Å². The standard InChI is InChI=1S/C47H45N4P2/c1-30(2)52-44-26-34-16-10-8-14-32(34)22-40(44)50(5)42-23-33-15-9-11-17-35(33)27-46(42)53(7,31(3)4)47-29-39-37(19-13-21-49-39)25-43(47)51(6)41-24-36-18-12-20-48-38(36)28-45(41)52/h8-31H,1-7H3/q+1. The SMILES string of the molecule is CC(C)P1c2cc3ccccc3cc2N(C)c2cc3ccccc3cc2[P+](C)(C(C)C)c2cc3ncccc3cc2N(C)c2cc3cccnc3cc21. The van der Waals surface area contributed by atoms with Crippen LogP contribution in [0, 0.1) is 0 Å². The summed E-state index contributed by atoms with van der Waals surface area (Å²) in [6, 6.07) is 45.8. The molecule has 0 amide bonds. The Bertz CT molecular complexity index is 2540. The summed E-state index contributed by atoms with van der Waals surface area (Å²) < 4.78 is 0. The fourth-order valence-electron chi connectivity index (χ4n) is 8.46. The minimum absolute atomic E-state index is 0.358. The lowest BCUT2D eigenvalue weighted by Gasteiger charge is -2.38. The van der Waals surface area contributed by atoms with Gasteiger partial charge in [-0.25, -0.2) is 0 Å². The molecule has 4 nitrogen and oxygen atoms in total. The first-order valence-corrected chi connectivity index (χ1v) is 22.3. The quantitative estimate of drug-likeness (QED) is 0.166. The van der Waals surface area contributed by atoms with Crippen molar-refractivity contribution in [3.63, 3.8) is 0 Å². The summed E-state index contributed by atoms with van der Waals surface area (Å²) in [5, 5.41) is 12.9. The Kier molecular flexibility index (Phi) is 8.26. The van der Waals surface area contributed by atoms with Gasteiger partial charge < -0.3 is 9.80 Å². The lowest BCUT2D eigenvalue weighted by molar-refractivity contribution is 1.09. The van der Waals surface area contributed by atoms with Crippen molar-refractivity contribution < 1.29 is 0 Å². The van der Waals surface area contributed by atoms with Crippen LogP contribution in [-0.2, 0) is 0 Å². The normalized spacial score (nSPS) is 17.5. The van der Waals surface area contributed by atoms with Gasteiger partial charge in [0.15, 0.2) is 0 Å². The van der Waals surface area contributed by atoms with Crippen LogP contribution in [0.3, 0.4) is 0 Å². The Morgan fingerprint density at radius 2 is 0.906 bits per heavy atom. The maximum absolute atomic E-state index is 4.95. The summed E-state index contributed by atoms with van der Waals surface area (Å²) >= 11 is 0. The summed E-state index contributed by atoms with van der Waals surface area (Å²) in [4.78, 5) is 14.9. The highest BCUT2D eigenvalue weighted by Crippen LogP contribution is 2.62. The molecule has 53 heavy (non-hydrogen) atoms. The van der Waals surface area contributed by atoms with E-state index in [1.54, 1.807) is 0 Å². The van der Waals surface area contributed by atoms with E-state index in [4.69, 9.17) is 9.97 Å². The van der Waals surface area contributed by atoms with Crippen LogP contribution >= 0.6 is 15.2 Å². The van der Waals surface area contributed by atoms with Crippen LogP contribution in [0.4, 0.5) is 22.7 Å². The van der Waals surface area contributed by atoms with Crippen LogP contribution in [0.2, 0.25) is 0 Å². The molecule has 2 aromatic heterocycles. The number of anilines is 4. The van der Waals surface area contributed by atoms with Crippen LogP contribution in [0.15, 0.2) is 134 Å². The molecule has 6 aromatic carbocycles. The summed E-state index contributed by atoms with van der Waals surface area (Å²) in [7, 11) is 1.60. The Morgan fingerprint density at radius 1 is 0.491 bits per heavy atom. The van der Waals surface area contributed by atoms with Gasteiger partial charge in [-0.15, -0.1) is 0 Å². The molecule has 9 rings (SSSR count). The summed E-state index contributed by atoms with van der Waals surface area (Å²) in [6.45, 7) is 12.2. The van der Waals surface area contributed by atoms with Crippen LogP contribution in [-0.4, -0.2) is 42.0 Å². The van der Waals surface area contributed by atoms with Gasteiger partial charge in [0.05, 0.1) is 42.0 Å². The van der Waals surface area contributed by atoms with Crippen molar-refractivity contribution in [1.29, 1.82) is 0 Å². The summed E-state index contributed by atoms with van der Waals surface area (Å²) in [5.41, 5.74) is 7.83. The zero-order chi connectivity index (χ0) is 36.6. The van der Waals surface area contributed by atoms with E-state index in [1.165, 1.54) is 65.5 Å². The van der Waals surface area contributed by atoms with Gasteiger partial charge in [0.2, 0.25) is 0 Å². The Hall–Kier alpha value is -4.88. The first-order valence-electron chi connectivity index (χ1n) is 18.6. The van der Waals surface area contributed by atoms with Gasteiger partial charge in [-0.05, 0) is 104 Å². The van der Waals surface area contributed by atoms with Crippen LogP contribution in [0.1, 0.15) is 27.7 Å². The molecule has 3 heterocycles. The van der Waals surface area contributed by atoms with Gasteiger partial charge in [-0.2, -0.15) is 0 Å². The molecule has 0 N–H and O–H groups in total. The van der Waals surface area contributed by atoms with Crippen molar-refractivity contribution >= 4 is 103 Å². The number of hydrogen-bond acceptors (Lipinski definition) is 4. The van der Waals surface area contributed by atoms with Gasteiger partial charge in [0.1, 0.15) is 10.6 Å². The van der Waals surface area contributed by atoms with E-state index < -0.39 is 15.2 Å². The van der Waals surface area contributed by atoms with Crippen LogP contribution in [0.5, 0.6) is 0 Å². The highest BCUT2D eigenvalue weighted by molar-refractivity contribution is 7.90. The predicted octanol–water partition coefficient (Wildman–Crippen LogP) is 10.8. The number of pyridine rings is 2. The van der Waals surface area contributed by atoms with Gasteiger partial charge in [0.25, 0.3) is 0 Å². The molecule has 0 radical (unpaired) electrons. The number of hydrogen-bond donors (Lipinski definition) is 0. The van der Waals surface area contributed by atoms with E-state index >= 15 is 0 Å². The Balaban J connectivity index is 1.50. The second-order valence-corrected chi connectivity index (χ2v) is 22.1. The second kappa shape index (κ2) is 12.9. The molecule has 0 spiro atoms. The average molecular weight is 728 g/mol. The fourth-order valence-corrected chi connectivity index (χ4v) is 14.8. The molecule has 262 valence electrons. The molecule has 0 saturated heterocycles. The summed E-state index contributed by atoms with van der Waals surface area (Å²) in [6.07, 6.45) is 3.86. The number of aromatic nitrogens is 2. The van der Waals surface area contributed by atoms with Gasteiger partial charge in [0, 0.05) is 65.3 Å². The van der Waals surface area contributed by atoms with Gasteiger partial charge >= 0.3 is 0 Å². The third-order valence-corrected chi connectivity index (χ3v) is 19.2. The second-order valence-electron chi connectivity index (χ2n) is 15.2. The number of rotatable bonds is 2. The molecule has 0 saturated carbocycles. The minimum Gasteiger partial charge on any atom is -0.341 e. The van der Waals surface area contributed by atoms with E-state index in [0.29, 0.717) is 11.3 Å². The fraction of sp³-hybridized carbons (Fsp3) is 0.191. The van der Waals surface area contributed by atoms with E-state index in [9.17, 15) is 0 Å². The third-order valence-electron chi connectivity index (χ3n) is 11.6. The number of benzene rings is 6. The van der Waals surface area contributed by atoms with Crippen molar-refractivity contribution in [2.24, 2.45) is 0 Å². The lowest BCUT2D eigenvalue weighted by Crippen LogP contribution is -2.36. The zero-order valence-corrected chi connectivity index (χ0v) is 33.3. The smallest absolute Gasteiger partial charge is 0.125 e. The molecule has 2 atom stereocenters. The van der Waals surface area contributed by atoms with E-state index in [0.717, 1.165) is 21.8 Å². The monoisotopic (exact) mass is 727 g/mol. The first kappa shape index (κ1) is 33.9. The van der Waals surface area contributed by atoms with Gasteiger partial charge in [-0.3, -0.25) is 9.97 Å². The summed E-state index contributed by atoms with van der Waals surface area (Å²) in [5.74, 6) is 0. The molecule has 1 aliphatic heterocycles. The highest BCUT2D eigenvalue weighted by Gasteiger charge is 2.47. The predicted molar refractivity (Wildman–Crippen MR) is 236 cm³/mol. The molecule has 0 bridgehead atoms. The van der Waals surface area contributed by atoms with Crippen LogP contribution in [0.25, 0.3) is 43.4 Å². The molecule has 2 unspecified atom stereocenters. The van der Waals surface area contributed by atoms with E-state index in [1.807, 2.05) is 12.4 Å². The third kappa shape index (κ3) is 5.41. The zero-order valence-electron chi connectivity index (χ0n) is 31.5. The van der Waals surface area contributed by atoms with E-state index in [-0.39, 0.29) is 0 Å². The molecule has 0 fully saturated rings. The molecule has 1 aliphatic rings. The highest BCUT2D eigenvalue weighted by atomic mass is 31.2. The minimum atomic E-state index is -2.14. The Morgan fingerprint density at radius 3 is 1.45 bits per heavy atom. The maximum Gasteiger partial charge on any atom is 0.125 e. The topological polar surface area (TPSA) is 32.3 Å². The van der Waals surface area contributed by atoms with E-state index in [2.05, 4.69) is 180 Å². The number of nitrogens with zero attached hydrogens (tertiary/aromatic N) is 4. The first-order chi connectivity index (χ1) is 25.6. The van der Waals surface area contributed by atoms with Crippen molar-refractivity contribution in [3.8, 4) is 0 Å². The van der Waals surface area contributed by atoms with Crippen molar-refractivity contribution in [1.82, 2.24) is 9.97 Å². The number of fused-ring (bicyclic) bond motifs is 8. The average Bonchev–Trinajstić information content (AvgIpc) is 3.18. The molecular formula is C47H45N4P2+. The molecular weight excluding hydrogens is 682 g/mol. The van der Waals surface area contributed by atoms with Crippen LogP contribution < -0.4 is 31.0 Å². The maximum atomic E-state index is 4.95. The van der Waals surface area contributed by atoms with Crippen molar-refractivity contribution in [2.75, 3.05) is 30.6 Å². The van der Waals surface area contributed by atoms with Gasteiger partial charge in [-0.1, -0.05) is 74.5 Å². The van der Waals surface area contributed by atoms with Crippen molar-refractivity contribution in [3.05, 3.63) is 134 Å². The molecule has 0 aliphatic carbocycles. The molecule has 8 aromatic rings. The largest absolute Gasteiger partial charge is 0.341 e. The lowest BCUT2D eigenvalue weighted by atomic mass is 10.1. The molecule has 6 heteroatoms. The van der Waals surface area contributed by atoms with Crippen molar-refractivity contribution in [2.45, 2.75) is 39.0 Å².